The van der Waals surface area contributed by atoms with Crippen molar-refractivity contribution < 1.29 is 0 Å². The van der Waals surface area contributed by atoms with E-state index in [0.717, 1.165) is 3.95 Å². The number of aromatic nitrogens is 1. The number of rotatable bonds is 2. The average molecular weight is 306 g/mol. The van der Waals surface area contributed by atoms with Gasteiger partial charge in [0, 0.05) is 0 Å². The predicted molar refractivity (Wildman–Crippen MR) is 70.1 cm³/mol. The van der Waals surface area contributed by atoms with Gasteiger partial charge in [-0.05, 0) is 0 Å². The summed E-state index contributed by atoms with van der Waals surface area (Å²) in [5, 5.41) is 2.05. The van der Waals surface area contributed by atoms with Crippen LogP contribution in [0.2, 0.25) is 0 Å². The third kappa shape index (κ3) is 5.17. The standard InChI is InChI=1S/C8H11AsN2S3/c1-11(2)6-9-7-4-3-5-13-14-8(12)10-7/h3-6H,1-2H3,(H,10,12). The fraction of sp³-hybridized carbons (Fsp3) is 0.250. The Morgan fingerprint density at radius 1 is 1.57 bits per heavy atom. The van der Waals surface area contributed by atoms with Crippen molar-refractivity contribution in [2.75, 3.05) is 14.1 Å². The minimum absolute atomic E-state index is 0.0410. The van der Waals surface area contributed by atoms with Gasteiger partial charge in [0.05, 0.1) is 0 Å². The molecule has 0 radical (unpaired) electrons. The van der Waals surface area contributed by atoms with Gasteiger partial charge in [-0.2, -0.15) is 0 Å². The zero-order valence-electron chi connectivity index (χ0n) is 7.93. The third-order valence-electron chi connectivity index (χ3n) is 1.17. The van der Waals surface area contributed by atoms with Gasteiger partial charge in [0.15, 0.2) is 0 Å². The van der Waals surface area contributed by atoms with E-state index in [-0.39, 0.29) is 15.3 Å². The number of nitrogens with one attached hydrogen (secondary N) is 1. The molecule has 1 N–H and O–H groups in total. The van der Waals surface area contributed by atoms with E-state index in [1.54, 1.807) is 20.7 Å². The first-order valence-corrected chi connectivity index (χ1v) is 8.54. The van der Waals surface area contributed by atoms with E-state index in [1.807, 2.05) is 14.1 Å². The third-order valence-corrected chi connectivity index (χ3v) is 5.92. The zero-order chi connectivity index (χ0) is 10.4. The summed E-state index contributed by atoms with van der Waals surface area (Å²) in [5.41, 5.74) is 0. The molecule has 76 valence electrons. The molecule has 1 rings (SSSR count). The van der Waals surface area contributed by atoms with Gasteiger partial charge in [0.2, 0.25) is 0 Å². The van der Waals surface area contributed by atoms with Crippen LogP contribution in [0.4, 0.5) is 0 Å². The van der Waals surface area contributed by atoms with E-state index in [4.69, 9.17) is 12.2 Å². The second kappa shape index (κ2) is 6.64. The van der Waals surface area contributed by atoms with Crippen LogP contribution in [-0.2, 0) is 0 Å². The Morgan fingerprint density at radius 3 is 3.07 bits per heavy atom. The van der Waals surface area contributed by atoms with Crippen LogP contribution in [0.15, 0.2) is 17.5 Å². The SMILES string of the molecule is CN(C)C=[As]c1cccssc(=S)[nH]1. The number of nitrogens with zero attached hydrogens (tertiary/aromatic N) is 1. The number of hydrogen-bond acceptors (Lipinski definition) is 4. The van der Waals surface area contributed by atoms with Crippen LogP contribution < -0.4 is 4.48 Å². The Labute approximate surface area is 103 Å². The molecule has 0 unspecified atom stereocenters. The van der Waals surface area contributed by atoms with Gasteiger partial charge in [-0.25, -0.2) is 0 Å². The predicted octanol–water partition coefficient (Wildman–Crippen LogP) is 1.64. The molecule has 0 bridgehead atoms. The molecule has 0 saturated carbocycles. The van der Waals surface area contributed by atoms with Crippen LogP contribution >= 0.6 is 32.9 Å². The van der Waals surface area contributed by atoms with Gasteiger partial charge in [-0.15, -0.1) is 0 Å². The molecule has 0 aromatic carbocycles. The van der Waals surface area contributed by atoms with Crippen molar-refractivity contribution in [2.45, 2.75) is 0 Å². The molecular formula is C8H11AsN2S3. The molecule has 1 aromatic heterocycles. The van der Waals surface area contributed by atoms with Crippen molar-refractivity contribution in [3.8, 4) is 0 Å². The van der Waals surface area contributed by atoms with Gasteiger partial charge in [-0.3, -0.25) is 0 Å². The quantitative estimate of drug-likeness (QED) is 0.509. The Hall–Kier alpha value is 0.198. The summed E-state index contributed by atoms with van der Waals surface area (Å²) < 4.78 is 2.07. The molecule has 6 heteroatoms. The number of hydrogen-bond donors (Lipinski definition) is 1. The molecule has 0 saturated heterocycles. The molecule has 14 heavy (non-hydrogen) atoms. The van der Waals surface area contributed by atoms with Crippen molar-refractivity contribution in [3.63, 3.8) is 0 Å². The van der Waals surface area contributed by atoms with Gasteiger partial charge in [-0.1, -0.05) is 0 Å². The molecule has 0 spiro atoms. The monoisotopic (exact) mass is 306 g/mol. The first kappa shape index (κ1) is 12.3. The maximum atomic E-state index is 5.15. The molecular weight excluding hydrogens is 295 g/mol. The molecule has 0 atom stereocenters. The van der Waals surface area contributed by atoms with Crippen LogP contribution in [0.1, 0.15) is 0 Å². The molecule has 0 aliphatic carbocycles. The Balaban J connectivity index is 3.05. The van der Waals surface area contributed by atoms with Crippen LogP contribution in [0.5, 0.6) is 0 Å². The van der Waals surface area contributed by atoms with Gasteiger partial charge < -0.3 is 0 Å². The van der Waals surface area contributed by atoms with Crippen molar-refractivity contribution in [1.82, 2.24) is 9.88 Å². The number of aromatic amines is 1. The Morgan fingerprint density at radius 2 is 2.36 bits per heavy atom. The van der Waals surface area contributed by atoms with Gasteiger partial charge in [0.1, 0.15) is 0 Å². The Kier molecular flexibility index (Phi) is 5.82. The van der Waals surface area contributed by atoms with Gasteiger partial charge >= 0.3 is 103 Å². The summed E-state index contributed by atoms with van der Waals surface area (Å²) in [6.45, 7) is 0. The summed E-state index contributed by atoms with van der Waals surface area (Å²) in [4.78, 5) is 7.52. The zero-order valence-corrected chi connectivity index (χ0v) is 12.3. The number of H-pyrrole nitrogens is 1. The summed E-state index contributed by atoms with van der Waals surface area (Å²) in [6.07, 6.45) is 0. The average Bonchev–Trinajstić information content (AvgIpc) is 2.08. The first-order chi connectivity index (χ1) is 6.68. The van der Waals surface area contributed by atoms with Crippen molar-refractivity contribution in [3.05, 3.63) is 21.5 Å². The first-order valence-electron chi connectivity index (χ1n) is 3.90. The molecule has 0 fully saturated rings. The second-order valence-electron chi connectivity index (χ2n) is 2.68. The molecule has 1 aromatic rings. The fourth-order valence-corrected chi connectivity index (χ4v) is 4.11. The normalized spacial score (nSPS) is 10.8. The summed E-state index contributed by atoms with van der Waals surface area (Å²) in [6, 6.07) is 4.15. The van der Waals surface area contributed by atoms with Crippen LogP contribution in [0, 0.1) is 3.95 Å². The van der Waals surface area contributed by atoms with E-state index in [2.05, 4.69) is 32.3 Å². The topological polar surface area (TPSA) is 19.0 Å². The molecule has 0 amide bonds. The molecule has 0 aliphatic rings. The molecule has 0 aliphatic heterocycles. The van der Waals surface area contributed by atoms with Crippen molar-refractivity contribution in [2.24, 2.45) is 0 Å². The summed E-state index contributed by atoms with van der Waals surface area (Å²) in [7, 11) is 7.31. The fourth-order valence-electron chi connectivity index (χ4n) is 0.654. The van der Waals surface area contributed by atoms with Gasteiger partial charge in [0.25, 0.3) is 0 Å². The van der Waals surface area contributed by atoms with E-state index in [1.165, 1.54) is 4.48 Å². The summed E-state index contributed by atoms with van der Waals surface area (Å²) in [5.74, 6) is 0. The van der Waals surface area contributed by atoms with E-state index >= 15 is 0 Å². The Bertz CT molecular complexity index is 401. The second-order valence-corrected chi connectivity index (χ2v) is 7.50. The van der Waals surface area contributed by atoms with Crippen LogP contribution in [-0.4, -0.2) is 44.2 Å². The van der Waals surface area contributed by atoms with Crippen LogP contribution in [0.3, 0.4) is 0 Å². The molecule has 1 heterocycles. The van der Waals surface area contributed by atoms with E-state index in [0.29, 0.717) is 0 Å². The van der Waals surface area contributed by atoms with Crippen LogP contribution in [0.25, 0.3) is 0 Å². The summed E-state index contributed by atoms with van der Waals surface area (Å²) >= 11 is 5.19. The van der Waals surface area contributed by atoms with Crippen molar-refractivity contribution >= 4 is 57.6 Å². The maximum absolute atomic E-state index is 5.15. The minimum atomic E-state index is 0.0410. The van der Waals surface area contributed by atoms with E-state index in [9.17, 15) is 0 Å². The molecule has 2 nitrogen and oxygen atoms in total. The van der Waals surface area contributed by atoms with Crippen molar-refractivity contribution in [1.29, 1.82) is 0 Å². The van der Waals surface area contributed by atoms with E-state index < -0.39 is 0 Å².